The zero-order chi connectivity index (χ0) is 18.8. The zero-order valence-corrected chi connectivity index (χ0v) is 16.5. The number of piperazine rings is 1. The van der Waals surface area contributed by atoms with Crippen molar-refractivity contribution in [2.45, 2.75) is 6.42 Å². The van der Waals surface area contributed by atoms with E-state index in [2.05, 4.69) is 11.0 Å². The normalized spacial score (nSPS) is 16.7. The third-order valence-electron chi connectivity index (χ3n) is 4.49. The molecule has 7 nitrogen and oxygen atoms in total. The van der Waals surface area contributed by atoms with Gasteiger partial charge in [-0.15, -0.1) is 0 Å². The van der Waals surface area contributed by atoms with Gasteiger partial charge in [-0.2, -0.15) is 4.31 Å². The van der Waals surface area contributed by atoms with Gasteiger partial charge >= 0.3 is 0 Å². The average Bonchev–Trinajstić information content (AvgIpc) is 2.66. The lowest BCUT2D eigenvalue weighted by atomic mass is 10.1. The molecule has 0 N–H and O–H groups in total. The van der Waals surface area contributed by atoms with Crippen molar-refractivity contribution in [3.8, 4) is 5.75 Å². The molecule has 1 aromatic rings. The van der Waals surface area contributed by atoms with Gasteiger partial charge in [0.25, 0.3) is 0 Å². The van der Waals surface area contributed by atoms with Gasteiger partial charge in [0.05, 0.1) is 32.7 Å². The van der Waals surface area contributed by atoms with Crippen molar-refractivity contribution in [3.63, 3.8) is 0 Å². The number of nitrogens with zero attached hydrogens (tertiary/aromatic N) is 2. The maximum atomic E-state index is 12.4. The Morgan fingerprint density at radius 2 is 1.81 bits per heavy atom. The van der Waals surface area contributed by atoms with Crippen molar-refractivity contribution in [1.29, 1.82) is 0 Å². The van der Waals surface area contributed by atoms with E-state index in [-0.39, 0.29) is 12.4 Å². The van der Waals surface area contributed by atoms with Gasteiger partial charge in [-0.25, -0.2) is 8.42 Å². The average molecular weight is 387 g/mol. The number of sulfonamides is 1. The van der Waals surface area contributed by atoms with E-state index in [1.807, 2.05) is 18.2 Å². The van der Waals surface area contributed by atoms with Gasteiger partial charge in [0.2, 0.25) is 10.0 Å². The predicted octanol–water partition coefficient (Wildman–Crippen LogP) is 0.848. The highest BCUT2D eigenvalue weighted by molar-refractivity contribution is 7.89. The Balaban J connectivity index is 1.70. The summed E-state index contributed by atoms with van der Waals surface area (Å²) in [5.41, 5.74) is 1.23. The van der Waals surface area contributed by atoms with Crippen LogP contribution in [-0.2, 0) is 25.9 Å². The molecule has 2 rings (SSSR count). The van der Waals surface area contributed by atoms with Gasteiger partial charge in [-0.05, 0) is 24.1 Å². The maximum absolute atomic E-state index is 12.4. The summed E-state index contributed by atoms with van der Waals surface area (Å²) in [6.07, 6.45) is 0.928. The molecule has 0 aliphatic carbocycles. The van der Waals surface area contributed by atoms with Crippen molar-refractivity contribution < 1.29 is 22.6 Å². The van der Waals surface area contributed by atoms with Crippen LogP contribution in [0.4, 0.5) is 0 Å². The minimum absolute atomic E-state index is 0.0283. The molecule has 0 spiro atoms. The smallest absolute Gasteiger partial charge is 0.216 e. The SMILES string of the molecule is COCCOCCS(=O)(=O)N1CCN(CCc2cccc(OC)c2)CC1. The summed E-state index contributed by atoms with van der Waals surface area (Å²) in [6.45, 7) is 4.62. The van der Waals surface area contributed by atoms with Crippen LogP contribution in [0.1, 0.15) is 5.56 Å². The summed E-state index contributed by atoms with van der Waals surface area (Å²) in [7, 11) is 0.0135. The van der Waals surface area contributed by atoms with Crippen molar-refractivity contribution in [2.75, 3.05) is 72.5 Å². The Bertz CT molecular complexity index is 630. The Morgan fingerprint density at radius 3 is 2.50 bits per heavy atom. The third kappa shape index (κ3) is 6.85. The van der Waals surface area contributed by atoms with Crippen LogP contribution in [0.25, 0.3) is 0 Å². The van der Waals surface area contributed by atoms with Crippen LogP contribution in [0, 0.1) is 0 Å². The van der Waals surface area contributed by atoms with Crippen LogP contribution in [0.5, 0.6) is 5.75 Å². The van der Waals surface area contributed by atoms with Gasteiger partial charge in [0.1, 0.15) is 5.75 Å². The van der Waals surface area contributed by atoms with Crippen LogP contribution in [0.15, 0.2) is 24.3 Å². The summed E-state index contributed by atoms with van der Waals surface area (Å²) < 4.78 is 41.7. The lowest BCUT2D eigenvalue weighted by Gasteiger charge is -2.34. The van der Waals surface area contributed by atoms with Crippen molar-refractivity contribution in [3.05, 3.63) is 29.8 Å². The molecule has 1 heterocycles. The standard InChI is InChI=1S/C18H30N2O5S/c1-23-12-13-25-14-15-26(21,22)20-10-8-19(9-11-20)7-6-17-4-3-5-18(16-17)24-2/h3-5,16H,6-15H2,1-2H3. The number of rotatable bonds is 11. The molecule has 1 saturated heterocycles. The molecular formula is C18H30N2O5S. The second-order valence-electron chi connectivity index (χ2n) is 6.26. The van der Waals surface area contributed by atoms with Gasteiger partial charge < -0.3 is 19.1 Å². The Hall–Kier alpha value is -1.19. The molecule has 0 atom stereocenters. The third-order valence-corrected chi connectivity index (χ3v) is 6.33. The summed E-state index contributed by atoms with van der Waals surface area (Å²) >= 11 is 0. The Labute approximate surface area is 156 Å². The fourth-order valence-electron chi connectivity index (χ4n) is 2.88. The Morgan fingerprint density at radius 1 is 1.04 bits per heavy atom. The fourth-order valence-corrected chi connectivity index (χ4v) is 4.19. The molecule has 0 unspecified atom stereocenters. The fraction of sp³-hybridized carbons (Fsp3) is 0.667. The van der Waals surface area contributed by atoms with Gasteiger partial charge in [-0.1, -0.05) is 12.1 Å². The number of benzene rings is 1. The molecule has 1 aromatic carbocycles. The minimum Gasteiger partial charge on any atom is -0.497 e. The zero-order valence-electron chi connectivity index (χ0n) is 15.7. The lowest BCUT2D eigenvalue weighted by molar-refractivity contribution is 0.0779. The summed E-state index contributed by atoms with van der Waals surface area (Å²) in [4.78, 5) is 2.31. The van der Waals surface area contributed by atoms with Gasteiger partial charge in [0, 0.05) is 39.8 Å². The van der Waals surface area contributed by atoms with Crippen LogP contribution in [-0.4, -0.2) is 90.1 Å². The van der Waals surface area contributed by atoms with Crippen LogP contribution in [0.2, 0.25) is 0 Å². The largest absolute Gasteiger partial charge is 0.497 e. The van der Waals surface area contributed by atoms with Gasteiger partial charge in [-0.3, -0.25) is 0 Å². The molecule has 1 aliphatic heterocycles. The molecule has 8 heteroatoms. The molecule has 0 aromatic heterocycles. The van der Waals surface area contributed by atoms with E-state index in [0.29, 0.717) is 26.3 Å². The first-order valence-electron chi connectivity index (χ1n) is 8.95. The summed E-state index contributed by atoms with van der Waals surface area (Å²) in [6, 6.07) is 8.07. The maximum Gasteiger partial charge on any atom is 0.216 e. The highest BCUT2D eigenvalue weighted by Crippen LogP contribution is 2.14. The van der Waals surface area contributed by atoms with Crippen LogP contribution in [0.3, 0.4) is 0 Å². The lowest BCUT2D eigenvalue weighted by Crippen LogP contribution is -2.49. The summed E-state index contributed by atoms with van der Waals surface area (Å²) in [5, 5.41) is 0. The topological polar surface area (TPSA) is 68.3 Å². The van der Waals surface area contributed by atoms with E-state index >= 15 is 0 Å². The van der Waals surface area contributed by atoms with E-state index in [0.717, 1.165) is 31.8 Å². The first kappa shape index (κ1) is 21.1. The van der Waals surface area contributed by atoms with E-state index in [4.69, 9.17) is 14.2 Å². The summed E-state index contributed by atoms with van der Waals surface area (Å²) in [5.74, 6) is 0.895. The van der Waals surface area contributed by atoms with Crippen molar-refractivity contribution in [1.82, 2.24) is 9.21 Å². The van der Waals surface area contributed by atoms with Gasteiger partial charge in [0.15, 0.2) is 0 Å². The molecule has 1 aliphatic rings. The molecular weight excluding hydrogens is 356 g/mol. The predicted molar refractivity (Wildman–Crippen MR) is 101 cm³/mol. The molecule has 0 radical (unpaired) electrons. The molecule has 1 fully saturated rings. The number of ether oxygens (including phenoxy) is 3. The highest BCUT2D eigenvalue weighted by atomic mass is 32.2. The van der Waals surface area contributed by atoms with E-state index in [9.17, 15) is 8.42 Å². The van der Waals surface area contributed by atoms with E-state index in [1.54, 1.807) is 18.5 Å². The van der Waals surface area contributed by atoms with Crippen molar-refractivity contribution >= 4 is 10.0 Å². The number of hydrogen-bond acceptors (Lipinski definition) is 6. The monoisotopic (exact) mass is 386 g/mol. The quantitative estimate of drug-likeness (QED) is 0.525. The minimum atomic E-state index is -3.25. The molecule has 148 valence electrons. The second kappa shape index (κ2) is 10.8. The van der Waals surface area contributed by atoms with Crippen LogP contribution >= 0.6 is 0 Å². The second-order valence-corrected chi connectivity index (χ2v) is 8.35. The number of methoxy groups -OCH3 is 2. The molecule has 0 saturated carbocycles. The molecule has 26 heavy (non-hydrogen) atoms. The molecule has 0 amide bonds. The highest BCUT2D eigenvalue weighted by Gasteiger charge is 2.26. The van der Waals surface area contributed by atoms with Crippen molar-refractivity contribution in [2.24, 2.45) is 0 Å². The Kier molecular flexibility index (Phi) is 8.80. The molecule has 0 bridgehead atoms. The van der Waals surface area contributed by atoms with E-state index in [1.165, 1.54) is 5.56 Å². The number of hydrogen-bond donors (Lipinski definition) is 0. The van der Waals surface area contributed by atoms with Crippen LogP contribution < -0.4 is 4.74 Å². The first-order chi connectivity index (χ1) is 12.5. The van der Waals surface area contributed by atoms with E-state index < -0.39 is 10.0 Å². The first-order valence-corrected chi connectivity index (χ1v) is 10.6.